The van der Waals surface area contributed by atoms with Crippen molar-refractivity contribution in [1.82, 2.24) is 9.61 Å². The van der Waals surface area contributed by atoms with E-state index in [0.29, 0.717) is 17.5 Å². The van der Waals surface area contributed by atoms with Crippen LogP contribution >= 0.6 is 0 Å². The summed E-state index contributed by atoms with van der Waals surface area (Å²) in [5.41, 5.74) is 0.884. The lowest BCUT2D eigenvalue weighted by atomic mass is 10.1. The highest BCUT2D eigenvalue weighted by Gasteiger charge is 2.17. The third-order valence-corrected chi connectivity index (χ3v) is 2.36. The van der Waals surface area contributed by atoms with E-state index in [1.54, 1.807) is 13.0 Å². The Morgan fingerprint density at radius 3 is 2.87 bits per heavy atom. The van der Waals surface area contributed by atoms with Gasteiger partial charge in [0.1, 0.15) is 17.4 Å². The van der Waals surface area contributed by atoms with Gasteiger partial charge < -0.3 is 10.2 Å². The molecule has 76 valence electrons. The molecule has 0 aliphatic heterocycles. The van der Waals surface area contributed by atoms with Crippen molar-refractivity contribution in [1.29, 1.82) is 5.26 Å². The molecule has 0 aromatic carbocycles. The van der Waals surface area contributed by atoms with Crippen LogP contribution in [0.5, 0.6) is 11.6 Å². The Kier molecular flexibility index (Phi) is 1.97. The van der Waals surface area contributed by atoms with Crippen LogP contribution in [0.1, 0.15) is 18.1 Å². The Hall–Kier alpha value is -2.22. The van der Waals surface area contributed by atoms with Crippen molar-refractivity contribution in [2.24, 2.45) is 0 Å². The maximum absolute atomic E-state index is 9.77. The third kappa shape index (κ3) is 1.12. The molecule has 0 radical (unpaired) electrons. The topological polar surface area (TPSA) is 81.5 Å². The number of fused-ring (bicyclic) bond motifs is 1. The Bertz CT molecular complexity index is 566. The predicted molar refractivity (Wildman–Crippen MR) is 52.6 cm³/mol. The van der Waals surface area contributed by atoms with Gasteiger partial charge in [-0.25, -0.2) is 0 Å². The van der Waals surface area contributed by atoms with Crippen molar-refractivity contribution in [2.75, 3.05) is 0 Å². The highest BCUT2D eigenvalue weighted by atomic mass is 16.3. The van der Waals surface area contributed by atoms with Crippen molar-refractivity contribution in [3.05, 3.63) is 23.4 Å². The molecule has 15 heavy (non-hydrogen) atoms. The van der Waals surface area contributed by atoms with Gasteiger partial charge in [-0.05, 0) is 12.5 Å². The molecule has 0 bridgehead atoms. The molecule has 0 atom stereocenters. The molecule has 0 spiro atoms. The van der Waals surface area contributed by atoms with Crippen LogP contribution in [0.15, 0.2) is 12.3 Å². The Balaban J connectivity index is 2.99. The fraction of sp³-hybridized carbons (Fsp3) is 0.200. The summed E-state index contributed by atoms with van der Waals surface area (Å²) in [4.78, 5) is 0. The monoisotopic (exact) mass is 203 g/mol. The molecule has 0 unspecified atom stereocenters. The zero-order valence-electron chi connectivity index (χ0n) is 8.10. The first-order valence-corrected chi connectivity index (χ1v) is 4.51. The second-order valence-corrected chi connectivity index (χ2v) is 3.12. The Labute approximate surface area is 85.8 Å². The number of rotatable bonds is 1. The molecule has 2 N–H and O–H groups in total. The lowest BCUT2D eigenvalue weighted by molar-refractivity contribution is 0.412. The van der Waals surface area contributed by atoms with E-state index in [0.717, 1.165) is 0 Å². The second-order valence-electron chi connectivity index (χ2n) is 3.12. The lowest BCUT2D eigenvalue weighted by Gasteiger charge is -2.08. The summed E-state index contributed by atoms with van der Waals surface area (Å²) in [5, 5.41) is 32.3. The number of hydrogen-bond donors (Lipinski definition) is 2. The number of hydrogen-bond acceptors (Lipinski definition) is 4. The van der Waals surface area contributed by atoms with Crippen molar-refractivity contribution in [3.63, 3.8) is 0 Å². The van der Waals surface area contributed by atoms with E-state index >= 15 is 0 Å². The van der Waals surface area contributed by atoms with Gasteiger partial charge in [0.2, 0.25) is 5.88 Å². The number of nitriles is 1. The van der Waals surface area contributed by atoms with E-state index < -0.39 is 0 Å². The van der Waals surface area contributed by atoms with Crippen molar-refractivity contribution >= 4 is 5.52 Å². The first-order valence-electron chi connectivity index (χ1n) is 4.51. The van der Waals surface area contributed by atoms with Gasteiger partial charge in [-0.1, -0.05) is 6.92 Å². The van der Waals surface area contributed by atoms with Crippen LogP contribution in [0.25, 0.3) is 5.52 Å². The summed E-state index contributed by atoms with van der Waals surface area (Å²) < 4.78 is 1.25. The summed E-state index contributed by atoms with van der Waals surface area (Å²) in [6.07, 6.45) is 1.90. The fourth-order valence-electron chi connectivity index (χ4n) is 1.60. The largest absolute Gasteiger partial charge is 0.506 e. The molecule has 0 saturated carbocycles. The lowest BCUT2D eigenvalue weighted by Crippen LogP contribution is -1.97. The summed E-state index contributed by atoms with van der Waals surface area (Å²) >= 11 is 0. The summed E-state index contributed by atoms with van der Waals surface area (Å²) in [7, 11) is 0. The van der Waals surface area contributed by atoms with Gasteiger partial charge in [-0.2, -0.15) is 14.9 Å². The molecule has 5 heteroatoms. The van der Waals surface area contributed by atoms with Gasteiger partial charge in [-0.3, -0.25) is 0 Å². The summed E-state index contributed by atoms with van der Waals surface area (Å²) in [6, 6.07) is 3.47. The number of pyridine rings is 1. The SMILES string of the molecule is CCc1c(O)c(C#N)c2ccnn2c1O. The zero-order chi connectivity index (χ0) is 11.0. The van der Waals surface area contributed by atoms with Crippen molar-refractivity contribution < 1.29 is 10.2 Å². The molecule has 2 aromatic rings. The van der Waals surface area contributed by atoms with Gasteiger partial charge in [0, 0.05) is 0 Å². The van der Waals surface area contributed by atoms with Crippen LogP contribution in [0, 0.1) is 11.3 Å². The smallest absolute Gasteiger partial charge is 0.219 e. The van der Waals surface area contributed by atoms with Crippen LogP contribution in [0.4, 0.5) is 0 Å². The van der Waals surface area contributed by atoms with E-state index in [9.17, 15) is 10.2 Å². The van der Waals surface area contributed by atoms with Crippen LogP contribution in [0.2, 0.25) is 0 Å². The predicted octanol–water partition coefficient (Wildman–Crippen LogP) is 1.18. The first kappa shape index (κ1) is 9.34. The van der Waals surface area contributed by atoms with Gasteiger partial charge >= 0.3 is 0 Å². The van der Waals surface area contributed by atoms with Crippen LogP contribution in [-0.2, 0) is 6.42 Å². The quantitative estimate of drug-likeness (QED) is 0.729. The highest BCUT2D eigenvalue weighted by molar-refractivity contribution is 5.69. The van der Waals surface area contributed by atoms with E-state index in [-0.39, 0.29) is 17.2 Å². The minimum atomic E-state index is -0.162. The molecule has 0 amide bonds. The molecule has 0 aliphatic rings. The van der Waals surface area contributed by atoms with Crippen molar-refractivity contribution in [3.8, 4) is 17.7 Å². The van der Waals surface area contributed by atoms with Gasteiger partial charge in [0.05, 0.1) is 17.3 Å². The van der Waals surface area contributed by atoms with Gasteiger partial charge in [0.25, 0.3) is 0 Å². The highest BCUT2D eigenvalue weighted by Crippen LogP contribution is 2.33. The summed E-state index contributed by atoms with van der Waals surface area (Å²) in [5.74, 6) is -0.278. The molecule has 0 saturated heterocycles. The standard InChI is InChI=1S/C10H9N3O2/c1-2-6-9(14)7(5-11)8-3-4-12-13(8)10(6)15/h3-4,14-15H,2H2,1H3. The van der Waals surface area contributed by atoms with E-state index in [2.05, 4.69) is 5.10 Å². The number of aromatic hydroxyl groups is 2. The van der Waals surface area contributed by atoms with E-state index in [4.69, 9.17) is 5.26 Å². The third-order valence-electron chi connectivity index (χ3n) is 2.36. The molecule has 2 aromatic heterocycles. The fourth-order valence-corrected chi connectivity index (χ4v) is 1.60. The maximum atomic E-state index is 9.77. The van der Waals surface area contributed by atoms with Crippen LogP contribution in [-0.4, -0.2) is 19.8 Å². The van der Waals surface area contributed by atoms with Gasteiger partial charge in [-0.15, -0.1) is 0 Å². The zero-order valence-corrected chi connectivity index (χ0v) is 8.10. The van der Waals surface area contributed by atoms with E-state index in [1.807, 2.05) is 6.07 Å². The molecule has 0 aliphatic carbocycles. The molecular formula is C10H9N3O2. The Morgan fingerprint density at radius 1 is 1.53 bits per heavy atom. The van der Waals surface area contributed by atoms with Gasteiger partial charge in [0.15, 0.2) is 0 Å². The normalized spacial score (nSPS) is 10.4. The molecule has 2 heterocycles. The molecule has 5 nitrogen and oxygen atoms in total. The number of nitrogens with zero attached hydrogens (tertiary/aromatic N) is 3. The maximum Gasteiger partial charge on any atom is 0.219 e. The Morgan fingerprint density at radius 2 is 2.27 bits per heavy atom. The minimum absolute atomic E-state index is 0.117. The van der Waals surface area contributed by atoms with Crippen LogP contribution < -0.4 is 0 Å². The number of aromatic nitrogens is 2. The average Bonchev–Trinajstić information content (AvgIpc) is 2.68. The minimum Gasteiger partial charge on any atom is -0.506 e. The van der Waals surface area contributed by atoms with Crippen LogP contribution in [0.3, 0.4) is 0 Å². The van der Waals surface area contributed by atoms with E-state index in [1.165, 1.54) is 10.7 Å². The summed E-state index contributed by atoms with van der Waals surface area (Å²) in [6.45, 7) is 1.78. The molecule has 0 fully saturated rings. The molecule has 2 rings (SSSR count). The average molecular weight is 203 g/mol. The second kappa shape index (κ2) is 3.17. The van der Waals surface area contributed by atoms with Crippen molar-refractivity contribution in [2.45, 2.75) is 13.3 Å². The molecular weight excluding hydrogens is 194 g/mol. The first-order chi connectivity index (χ1) is 7.20.